The van der Waals surface area contributed by atoms with Crippen LogP contribution < -0.4 is 4.90 Å². The molecule has 0 saturated carbocycles. The smallest absolute Gasteiger partial charge is 0.0541 e. The molecule has 0 spiro atoms. The van der Waals surface area contributed by atoms with Gasteiger partial charge in [0.05, 0.1) is 16.7 Å². The molecular formula is C52H36N2. The van der Waals surface area contributed by atoms with Gasteiger partial charge in [0, 0.05) is 33.4 Å². The number of benzene rings is 9. The first kappa shape index (κ1) is 31.6. The number of aromatic nitrogens is 1. The summed E-state index contributed by atoms with van der Waals surface area (Å²) in [7, 11) is 0. The Labute approximate surface area is 315 Å². The van der Waals surface area contributed by atoms with Crippen LogP contribution in [0.5, 0.6) is 0 Å². The summed E-state index contributed by atoms with van der Waals surface area (Å²) in [6.07, 6.45) is 0. The maximum Gasteiger partial charge on any atom is 0.0541 e. The first-order valence-electron chi connectivity index (χ1n) is 18.5. The molecule has 0 bridgehead atoms. The van der Waals surface area contributed by atoms with E-state index < -0.39 is 0 Å². The molecule has 2 nitrogen and oxygen atoms in total. The predicted octanol–water partition coefficient (Wildman–Crippen LogP) is 14.4. The minimum Gasteiger partial charge on any atom is -0.311 e. The Morgan fingerprint density at radius 2 is 0.722 bits per heavy atom. The van der Waals surface area contributed by atoms with Crippen molar-refractivity contribution < 1.29 is 0 Å². The summed E-state index contributed by atoms with van der Waals surface area (Å²) in [5, 5.41) is 5.04. The van der Waals surface area contributed by atoms with Crippen LogP contribution in [-0.2, 0) is 0 Å². The maximum absolute atomic E-state index is 2.41. The van der Waals surface area contributed by atoms with Crippen LogP contribution >= 0.6 is 0 Å². The molecule has 0 atom stereocenters. The van der Waals surface area contributed by atoms with E-state index in [1.807, 2.05) is 0 Å². The first-order valence-corrected chi connectivity index (χ1v) is 18.5. The number of rotatable bonds is 7. The number of anilines is 3. The van der Waals surface area contributed by atoms with Gasteiger partial charge >= 0.3 is 0 Å². The molecule has 0 fully saturated rings. The lowest BCUT2D eigenvalue weighted by Gasteiger charge is -2.26. The highest BCUT2D eigenvalue weighted by atomic mass is 15.1. The van der Waals surface area contributed by atoms with Gasteiger partial charge in [-0.25, -0.2) is 0 Å². The van der Waals surface area contributed by atoms with Crippen LogP contribution in [0.25, 0.3) is 71.6 Å². The molecule has 0 aliphatic carbocycles. The number of nitrogens with zero attached hydrogens (tertiary/aromatic N) is 2. The van der Waals surface area contributed by atoms with E-state index in [2.05, 4.69) is 228 Å². The summed E-state index contributed by atoms with van der Waals surface area (Å²) in [6, 6.07) is 78.7. The minimum absolute atomic E-state index is 1.10. The molecule has 54 heavy (non-hydrogen) atoms. The van der Waals surface area contributed by atoms with Gasteiger partial charge in [0.2, 0.25) is 0 Å². The van der Waals surface area contributed by atoms with Crippen molar-refractivity contribution >= 4 is 49.6 Å². The second kappa shape index (κ2) is 13.4. The van der Waals surface area contributed by atoms with Crippen LogP contribution in [0.15, 0.2) is 218 Å². The summed E-state index contributed by atoms with van der Waals surface area (Å²) in [4.78, 5) is 2.34. The van der Waals surface area contributed by atoms with Gasteiger partial charge in [-0.15, -0.1) is 0 Å². The molecule has 0 aliphatic rings. The third-order valence-electron chi connectivity index (χ3n) is 10.6. The van der Waals surface area contributed by atoms with Crippen LogP contribution in [0.3, 0.4) is 0 Å². The third-order valence-corrected chi connectivity index (χ3v) is 10.6. The molecule has 0 unspecified atom stereocenters. The molecule has 0 amide bonds. The standard InChI is InChI=1S/C52H36N2/c1-3-15-37(16-4-1)45-24-13-17-40-18-14-25-46(52(40)45)39-31-35-43(36-32-39)53(41-19-5-2-6-20-41)42-33-29-38(30-34-42)44-21-7-10-26-49(44)54-50-27-11-8-22-47(50)48-23-9-12-28-51(48)54/h1-36H. The number of hydrogen-bond acceptors (Lipinski definition) is 1. The van der Waals surface area contributed by atoms with Crippen molar-refractivity contribution in [3.8, 4) is 39.1 Å². The van der Waals surface area contributed by atoms with Gasteiger partial charge in [0.15, 0.2) is 0 Å². The zero-order chi connectivity index (χ0) is 35.8. The molecule has 10 rings (SSSR count). The van der Waals surface area contributed by atoms with Crippen molar-refractivity contribution in [1.82, 2.24) is 4.57 Å². The fraction of sp³-hybridized carbons (Fsp3) is 0. The quantitative estimate of drug-likeness (QED) is 0.162. The minimum atomic E-state index is 1.10. The number of hydrogen-bond donors (Lipinski definition) is 0. The highest BCUT2D eigenvalue weighted by Gasteiger charge is 2.17. The topological polar surface area (TPSA) is 8.17 Å². The van der Waals surface area contributed by atoms with Gasteiger partial charge in [0.25, 0.3) is 0 Å². The lowest BCUT2D eigenvalue weighted by atomic mass is 9.91. The van der Waals surface area contributed by atoms with Crippen LogP contribution in [-0.4, -0.2) is 4.57 Å². The fourth-order valence-electron chi connectivity index (χ4n) is 8.14. The van der Waals surface area contributed by atoms with E-state index in [1.54, 1.807) is 0 Å². The highest BCUT2D eigenvalue weighted by Crippen LogP contribution is 2.41. The van der Waals surface area contributed by atoms with Gasteiger partial charge in [-0.1, -0.05) is 164 Å². The SMILES string of the molecule is c1ccc(-c2cccc3cccc(-c4ccc(N(c5ccccc5)c5ccc(-c6ccccc6-n6c7ccccc7c7ccccc76)cc5)cc4)c23)cc1. The van der Waals surface area contributed by atoms with E-state index in [4.69, 9.17) is 0 Å². The lowest BCUT2D eigenvalue weighted by Crippen LogP contribution is -2.09. The average Bonchev–Trinajstić information content (AvgIpc) is 3.59. The summed E-state index contributed by atoms with van der Waals surface area (Å²) in [5.41, 5.74) is 14.2. The number of fused-ring (bicyclic) bond motifs is 4. The van der Waals surface area contributed by atoms with E-state index >= 15 is 0 Å². The summed E-state index contributed by atoms with van der Waals surface area (Å²) >= 11 is 0. The van der Waals surface area contributed by atoms with Gasteiger partial charge in [-0.2, -0.15) is 0 Å². The highest BCUT2D eigenvalue weighted by molar-refractivity contribution is 6.10. The molecule has 0 radical (unpaired) electrons. The van der Waals surface area contributed by atoms with Crippen molar-refractivity contribution in [1.29, 1.82) is 0 Å². The molecule has 0 saturated heterocycles. The maximum atomic E-state index is 2.41. The van der Waals surface area contributed by atoms with Crippen molar-refractivity contribution in [2.45, 2.75) is 0 Å². The first-order chi connectivity index (χ1) is 26.8. The van der Waals surface area contributed by atoms with E-state index in [0.29, 0.717) is 0 Å². The van der Waals surface area contributed by atoms with E-state index in [0.717, 1.165) is 17.1 Å². The Morgan fingerprint density at radius 1 is 0.296 bits per heavy atom. The van der Waals surface area contributed by atoms with Crippen molar-refractivity contribution in [3.05, 3.63) is 218 Å². The van der Waals surface area contributed by atoms with Crippen LogP contribution in [0.4, 0.5) is 17.1 Å². The van der Waals surface area contributed by atoms with Crippen LogP contribution in [0.2, 0.25) is 0 Å². The van der Waals surface area contributed by atoms with Gasteiger partial charge < -0.3 is 9.47 Å². The van der Waals surface area contributed by atoms with Crippen LogP contribution in [0, 0.1) is 0 Å². The third kappa shape index (κ3) is 5.44. The average molecular weight is 689 g/mol. The largest absolute Gasteiger partial charge is 0.311 e. The van der Waals surface area contributed by atoms with Crippen LogP contribution in [0.1, 0.15) is 0 Å². The molecule has 1 heterocycles. The Balaban J connectivity index is 1.05. The molecule has 2 heteroatoms. The van der Waals surface area contributed by atoms with Gasteiger partial charge in [0.1, 0.15) is 0 Å². The lowest BCUT2D eigenvalue weighted by molar-refractivity contribution is 1.18. The monoisotopic (exact) mass is 688 g/mol. The summed E-state index contributed by atoms with van der Waals surface area (Å²) < 4.78 is 2.41. The molecule has 9 aromatic carbocycles. The van der Waals surface area contributed by atoms with E-state index in [9.17, 15) is 0 Å². The molecule has 1 aromatic heterocycles. The molecule has 10 aromatic rings. The van der Waals surface area contributed by atoms with Crippen molar-refractivity contribution in [2.75, 3.05) is 4.90 Å². The molecule has 254 valence electrons. The molecular weight excluding hydrogens is 653 g/mol. The second-order valence-corrected chi connectivity index (χ2v) is 13.7. The van der Waals surface area contributed by atoms with E-state index in [1.165, 1.54) is 71.6 Å². The van der Waals surface area contributed by atoms with Gasteiger partial charge in [-0.05, 0) is 93.2 Å². The number of para-hydroxylation sites is 4. The van der Waals surface area contributed by atoms with Crippen molar-refractivity contribution in [2.24, 2.45) is 0 Å². The normalized spacial score (nSPS) is 11.3. The molecule has 0 aliphatic heterocycles. The predicted molar refractivity (Wildman–Crippen MR) is 229 cm³/mol. The van der Waals surface area contributed by atoms with Crippen molar-refractivity contribution in [3.63, 3.8) is 0 Å². The summed E-state index contributed by atoms with van der Waals surface area (Å²) in [5.74, 6) is 0. The Kier molecular flexibility index (Phi) is 7.85. The Hall–Kier alpha value is -7.16. The Morgan fingerprint density at radius 3 is 1.31 bits per heavy atom. The van der Waals surface area contributed by atoms with E-state index in [-0.39, 0.29) is 0 Å². The fourth-order valence-corrected chi connectivity index (χ4v) is 8.14. The Bertz CT molecular complexity index is 2850. The van der Waals surface area contributed by atoms with Gasteiger partial charge in [-0.3, -0.25) is 0 Å². The second-order valence-electron chi connectivity index (χ2n) is 13.7. The zero-order valence-electron chi connectivity index (χ0n) is 29.7. The summed E-state index contributed by atoms with van der Waals surface area (Å²) in [6.45, 7) is 0. The zero-order valence-corrected chi connectivity index (χ0v) is 29.7. The molecule has 0 N–H and O–H groups in total.